The lowest BCUT2D eigenvalue weighted by molar-refractivity contribution is 0.232. The predicted molar refractivity (Wildman–Crippen MR) is 86.5 cm³/mol. The van der Waals surface area contributed by atoms with Gasteiger partial charge in [-0.05, 0) is 48.8 Å². The average Bonchev–Trinajstić information content (AvgIpc) is 2.97. The minimum absolute atomic E-state index is 0.0109. The smallest absolute Gasteiger partial charge is 0.315 e. The molecule has 1 aromatic carbocycles. The molecule has 0 radical (unpaired) electrons. The van der Waals surface area contributed by atoms with Crippen LogP contribution >= 0.6 is 11.3 Å². The van der Waals surface area contributed by atoms with Crippen LogP contribution in [0.3, 0.4) is 0 Å². The number of carbonyl (C=O) groups is 1. The second-order valence-electron chi connectivity index (χ2n) is 5.49. The maximum absolute atomic E-state index is 12.2. The van der Waals surface area contributed by atoms with Crippen molar-refractivity contribution in [2.75, 3.05) is 0 Å². The first kappa shape index (κ1) is 14.1. The molecule has 2 amide bonds. The SMILES string of the molecule is CC(NC(=O)NC1CCCc2sccc21)c1ccccc1. The van der Waals surface area contributed by atoms with E-state index >= 15 is 0 Å². The summed E-state index contributed by atoms with van der Waals surface area (Å²) in [5.41, 5.74) is 2.42. The van der Waals surface area contributed by atoms with Crippen LogP contribution in [-0.2, 0) is 6.42 Å². The Morgan fingerprint density at radius 1 is 1.29 bits per heavy atom. The molecule has 0 saturated carbocycles. The van der Waals surface area contributed by atoms with Gasteiger partial charge in [-0.3, -0.25) is 0 Å². The van der Waals surface area contributed by atoms with E-state index in [1.54, 1.807) is 11.3 Å². The van der Waals surface area contributed by atoms with Gasteiger partial charge in [-0.25, -0.2) is 4.79 Å². The van der Waals surface area contributed by atoms with Crippen LogP contribution in [0.1, 0.15) is 47.9 Å². The van der Waals surface area contributed by atoms with Gasteiger partial charge in [0.25, 0.3) is 0 Å². The van der Waals surface area contributed by atoms with Gasteiger partial charge >= 0.3 is 6.03 Å². The number of amides is 2. The van der Waals surface area contributed by atoms with Gasteiger partial charge in [0.15, 0.2) is 0 Å². The van der Waals surface area contributed by atoms with Crippen molar-refractivity contribution in [3.63, 3.8) is 0 Å². The van der Waals surface area contributed by atoms with Crippen LogP contribution in [0.25, 0.3) is 0 Å². The van der Waals surface area contributed by atoms with Crippen molar-refractivity contribution < 1.29 is 4.79 Å². The third kappa shape index (κ3) is 3.27. The lowest BCUT2D eigenvalue weighted by Crippen LogP contribution is -2.39. The van der Waals surface area contributed by atoms with Crippen molar-refractivity contribution >= 4 is 17.4 Å². The Morgan fingerprint density at radius 3 is 2.90 bits per heavy atom. The third-order valence-electron chi connectivity index (χ3n) is 4.00. The minimum Gasteiger partial charge on any atom is -0.332 e. The molecule has 2 aromatic rings. The molecule has 1 heterocycles. The first-order valence-corrected chi connectivity index (χ1v) is 8.30. The van der Waals surface area contributed by atoms with Crippen molar-refractivity contribution in [2.24, 2.45) is 0 Å². The summed E-state index contributed by atoms with van der Waals surface area (Å²) in [6.45, 7) is 2.01. The number of hydrogen-bond acceptors (Lipinski definition) is 2. The summed E-state index contributed by atoms with van der Waals surface area (Å²) >= 11 is 1.80. The third-order valence-corrected chi connectivity index (χ3v) is 5.00. The fourth-order valence-electron chi connectivity index (χ4n) is 2.86. The normalized spacial score (nSPS) is 18.6. The molecule has 1 aliphatic carbocycles. The maximum Gasteiger partial charge on any atom is 0.315 e. The fraction of sp³-hybridized carbons (Fsp3) is 0.353. The lowest BCUT2D eigenvalue weighted by atomic mass is 9.94. The van der Waals surface area contributed by atoms with Gasteiger partial charge in [-0.15, -0.1) is 11.3 Å². The largest absolute Gasteiger partial charge is 0.332 e. The summed E-state index contributed by atoms with van der Waals surface area (Å²) in [7, 11) is 0. The Morgan fingerprint density at radius 2 is 2.10 bits per heavy atom. The van der Waals surface area contributed by atoms with Crippen LogP contribution in [0, 0.1) is 0 Å². The van der Waals surface area contributed by atoms with Crippen LogP contribution in [0.2, 0.25) is 0 Å². The molecule has 3 nitrogen and oxygen atoms in total. The number of fused-ring (bicyclic) bond motifs is 1. The highest BCUT2D eigenvalue weighted by molar-refractivity contribution is 7.10. The van der Waals surface area contributed by atoms with Gasteiger partial charge in [-0.1, -0.05) is 30.3 Å². The van der Waals surface area contributed by atoms with Crippen LogP contribution in [0.4, 0.5) is 4.79 Å². The number of hydrogen-bond donors (Lipinski definition) is 2. The zero-order valence-electron chi connectivity index (χ0n) is 12.1. The van der Waals surface area contributed by atoms with Gasteiger partial charge in [0.1, 0.15) is 0 Å². The van der Waals surface area contributed by atoms with E-state index in [0.29, 0.717) is 0 Å². The van der Waals surface area contributed by atoms with E-state index in [0.717, 1.165) is 24.8 Å². The second kappa shape index (κ2) is 6.31. The van der Waals surface area contributed by atoms with Crippen molar-refractivity contribution in [3.05, 3.63) is 57.8 Å². The molecule has 0 spiro atoms. The standard InChI is InChI=1S/C17H20N2OS/c1-12(13-6-3-2-4-7-13)18-17(20)19-15-8-5-9-16-14(15)10-11-21-16/h2-4,6-7,10-12,15H,5,8-9H2,1H3,(H2,18,19,20). The second-order valence-corrected chi connectivity index (χ2v) is 6.49. The van der Waals surface area contributed by atoms with Crippen molar-refractivity contribution in [1.82, 2.24) is 10.6 Å². The Hall–Kier alpha value is -1.81. The molecule has 0 saturated heterocycles. The Labute approximate surface area is 129 Å². The molecule has 2 atom stereocenters. The maximum atomic E-state index is 12.2. The van der Waals surface area contributed by atoms with E-state index in [4.69, 9.17) is 0 Å². The summed E-state index contributed by atoms with van der Waals surface area (Å²) in [6, 6.07) is 12.2. The highest BCUT2D eigenvalue weighted by Crippen LogP contribution is 2.33. The van der Waals surface area contributed by atoms with Crippen molar-refractivity contribution in [2.45, 2.75) is 38.3 Å². The van der Waals surface area contributed by atoms with E-state index in [-0.39, 0.29) is 18.1 Å². The molecule has 2 unspecified atom stereocenters. The van der Waals surface area contributed by atoms with Crippen molar-refractivity contribution in [1.29, 1.82) is 0 Å². The number of nitrogens with one attached hydrogen (secondary N) is 2. The van der Waals surface area contributed by atoms with E-state index in [9.17, 15) is 4.79 Å². The van der Waals surface area contributed by atoms with E-state index in [2.05, 4.69) is 22.1 Å². The van der Waals surface area contributed by atoms with Gasteiger partial charge in [0.2, 0.25) is 0 Å². The molecule has 3 rings (SSSR count). The summed E-state index contributed by atoms with van der Waals surface area (Å²) in [4.78, 5) is 13.6. The summed E-state index contributed by atoms with van der Waals surface area (Å²) in [5.74, 6) is 0. The quantitative estimate of drug-likeness (QED) is 0.877. The zero-order valence-corrected chi connectivity index (χ0v) is 13.0. The van der Waals surface area contributed by atoms with E-state index < -0.39 is 0 Å². The number of aryl methyl sites for hydroxylation is 1. The monoisotopic (exact) mass is 300 g/mol. The molecule has 110 valence electrons. The molecule has 0 bridgehead atoms. The van der Waals surface area contributed by atoms with E-state index in [1.807, 2.05) is 37.3 Å². The average molecular weight is 300 g/mol. The van der Waals surface area contributed by atoms with Crippen LogP contribution in [-0.4, -0.2) is 6.03 Å². The first-order chi connectivity index (χ1) is 10.2. The molecule has 2 N–H and O–H groups in total. The molecule has 21 heavy (non-hydrogen) atoms. The molecular weight excluding hydrogens is 280 g/mol. The Balaban J connectivity index is 1.61. The number of urea groups is 1. The number of benzene rings is 1. The van der Waals surface area contributed by atoms with Gasteiger partial charge in [-0.2, -0.15) is 0 Å². The van der Waals surface area contributed by atoms with Crippen LogP contribution < -0.4 is 10.6 Å². The molecule has 0 fully saturated rings. The van der Waals surface area contributed by atoms with Gasteiger partial charge in [0, 0.05) is 4.88 Å². The van der Waals surface area contributed by atoms with Crippen LogP contribution in [0.5, 0.6) is 0 Å². The number of thiophene rings is 1. The molecule has 0 aliphatic heterocycles. The summed E-state index contributed by atoms with van der Waals surface area (Å²) in [5, 5.41) is 8.26. The minimum atomic E-state index is -0.0876. The zero-order chi connectivity index (χ0) is 14.7. The van der Waals surface area contributed by atoms with Gasteiger partial charge in [0.05, 0.1) is 12.1 Å². The highest BCUT2D eigenvalue weighted by Gasteiger charge is 2.23. The fourth-order valence-corrected chi connectivity index (χ4v) is 3.85. The predicted octanol–water partition coefficient (Wildman–Crippen LogP) is 4.19. The molecule has 1 aliphatic rings. The molecular formula is C17H20N2OS. The molecule has 4 heteroatoms. The first-order valence-electron chi connectivity index (χ1n) is 7.42. The van der Waals surface area contributed by atoms with Crippen LogP contribution in [0.15, 0.2) is 41.8 Å². The number of rotatable bonds is 3. The van der Waals surface area contributed by atoms with E-state index in [1.165, 1.54) is 10.4 Å². The molecule has 1 aromatic heterocycles. The van der Waals surface area contributed by atoms with Gasteiger partial charge < -0.3 is 10.6 Å². The Kier molecular flexibility index (Phi) is 4.25. The highest BCUT2D eigenvalue weighted by atomic mass is 32.1. The summed E-state index contributed by atoms with van der Waals surface area (Å²) in [6.07, 6.45) is 3.32. The summed E-state index contributed by atoms with van der Waals surface area (Å²) < 4.78 is 0. The lowest BCUT2D eigenvalue weighted by Gasteiger charge is -2.25. The number of carbonyl (C=O) groups excluding carboxylic acids is 1. The van der Waals surface area contributed by atoms with Crippen molar-refractivity contribution in [3.8, 4) is 0 Å². The Bertz CT molecular complexity index is 608. The topological polar surface area (TPSA) is 41.1 Å².